The number of carbonyl (C=O) groups is 1. The van der Waals surface area contributed by atoms with Crippen molar-refractivity contribution in [2.75, 3.05) is 17.3 Å². The quantitative estimate of drug-likeness (QED) is 0.810. The Morgan fingerprint density at radius 1 is 1.47 bits per heavy atom. The molecule has 2 heterocycles. The molecular formula is C13H19N3O. The van der Waals surface area contributed by atoms with Crippen molar-refractivity contribution in [3.63, 3.8) is 0 Å². The maximum Gasteiger partial charge on any atom is 0.222 e. The fourth-order valence-electron chi connectivity index (χ4n) is 2.38. The van der Waals surface area contributed by atoms with E-state index in [4.69, 9.17) is 0 Å². The van der Waals surface area contributed by atoms with E-state index in [0.717, 1.165) is 12.2 Å². The van der Waals surface area contributed by atoms with E-state index in [1.165, 1.54) is 12.5 Å². The average Bonchev–Trinajstić information content (AvgIpc) is 2.25. The molecule has 1 aromatic rings. The first kappa shape index (κ1) is 11.9. The molecule has 1 aliphatic heterocycles. The molecule has 0 aliphatic carbocycles. The van der Waals surface area contributed by atoms with Gasteiger partial charge >= 0.3 is 0 Å². The number of hydrogen-bond acceptors (Lipinski definition) is 3. The van der Waals surface area contributed by atoms with Crippen molar-refractivity contribution in [1.82, 2.24) is 4.98 Å². The Kier molecular flexibility index (Phi) is 3.05. The summed E-state index contributed by atoms with van der Waals surface area (Å²) in [4.78, 5) is 17.7. The lowest BCUT2D eigenvalue weighted by molar-refractivity contribution is -0.114. The molecule has 0 spiro atoms. The smallest absolute Gasteiger partial charge is 0.222 e. The summed E-state index contributed by atoms with van der Waals surface area (Å²) in [5.41, 5.74) is 1.26. The van der Waals surface area contributed by atoms with Crippen LogP contribution in [0.3, 0.4) is 0 Å². The van der Waals surface area contributed by atoms with E-state index in [1.807, 2.05) is 6.07 Å². The Morgan fingerprint density at radius 3 is 2.82 bits per heavy atom. The lowest BCUT2D eigenvalue weighted by Crippen LogP contribution is -2.35. The minimum absolute atomic E-state index is 0.0861. The monoisotopic (exact) mass is 233 g/mol. The molecule has 0 radical (unpaired) electrons. The van der Waals surface area contributed by atoms with Gasteiger partial charge in [0.05, 0.1) is 0 Å². The van der Waals surface area contributed by atoms with Crippen LogP contribution < -0.4 is 10.2 Å². The molecule has 1 amide bonds. The van der Waals surface area contributed by atoms with Crippen LogP contribution in [0, 0.1) is 0 Å². The maximum absolute atomic E-state index is 11.0. The van der Waals surface area contributed by atoms with Gasteiger partial charge in [-0.05, 0) is 30.9 Å². The second kappa shape index (κ2) is 4.35. The van der Waals surface area contributed by atoms with E-state index in [9.17, 15) is 4.79 Å². The van der Waals surface area contributed by atoms with Gasteiger partial charge in [-0.2, -0.15) is 0 Å². The molecule has 4 nitrogen and oxygen atoms in total. The van der Waals surface area contributed by atoms with Crippen LogP contribution >= 0.6 is 0 Å². The third kappa shape index (κ3) is 2.25. The molecule has 0 bridgehead atoms. The van der Waals surface area contributed by atoms with Gasteiger partial charge in [0.1, 0.15) is 11.6 Å². The summed E-state index contributed by atoms with van der Waals surface area (Å²) < 4.78 is 0. The third-order valence-corrected chi connectivity index (χ3v) is 3.43. The minimum Gasteiger partial charge on any atom is -0.357 e. The van der Waals surface area contributed by atoms with Crippen molar-refractivity contribution in [2.24, 2.45) is 0 Å². The maximum atomic E-state index is 11.0. The summed E-state index contributed by atoms with van der Waals surface area (Å²) in [5.74, 6) is 2.05. The van der Waals surface area contributed by atoms with E-state index in [2.05, 4.69) is 42.2 Å². The number of amides is 1. The molecule has 2 unspecified atom stereocenters. The standard InChI is InChI=1S/C13H19N3O/c1-8-7-9(2)16(4)13-11(8)5-6-12(15-13)14-10(3)17/h5-6,8-9H,7H2,1-4H3,(H,14,15,17). The summed E-state index contributed by atoms with van der Waals surface area (Å²) in [6.07, 6.45) is 1.14. The van der Waals surface area contributed by atoms with Crippen LogP contribution in [-0.2, 0) is 4.79 Å². The van der Waals surface area contributed by atoms with Crippen molar-refractivity contribution >= 4 is 17.5 Å². The molecule has 1 aromatic heterocycles. The number of fused-ring (bicyclic) bond motifs is 1. The van der Waals surface area contributed by atoms with Crippen molar-refractivity contribution in [1.29, 1.82) is 0 Å². The number of aromatic nitrogens is 1. The molecule has 92 valence electrons. The molecule has 0 saturated heterocycles. The highest BCUT2D eigenvalue weighted by Gasteiger charge is 2.26. The molecule has 0 aromatic carbocycles. The van der Waals surface area contributed by atoms with Gasteiger partial charge in [0, 0.05) is 20.0 Å². The SMILES string of the molecule is CC(=O)Nc1ccc2c(n1)N(C)C(C)CC2C. The lowest BCUT2D eigenvalue weighted by Gasteiger charge is -2.36. The summed E-state index contributed by atoms with van der Waals surface area (Å²) >= 11 is 0. The van der Waals surface area contributed by atoms with Crippen LogP contribution in [0.15, 0.2) is 12.1 Å². The van der Waals surface area contributed by atoms with Crippen LogP contribution in [0.25, 0.3) is 0 Å². The van der Waals surface area contributed by atoms with Crippen LogP contribution in [-0.4, -0.2) is 24.0 Å². The normalized spacial score (nSPS) is 23.2. The van der Waals surface area contributed by atoms with Gasteiger partial charge in [0.15, 0.2) is 0 Å². The Morgan fingerprint density at radius 2 is 2.18 bits per heavy atom. The van der Waals surface area contributed by atoms with Crippen molar-refractivity contribution in [3.8, 4) is 0 Å². The highest BCUT2D eigenvalue weighted by atomic mass is 16.1. The number of pyridine rings is 1. The average molecular weight is 233 g/mol. The van der Waals surface area contributed by atoms with E-state index < -0.39 is 0 Å². The van der Waals surface area contributed by atoms with Gasteiger partial charge in [-0.1, -0.05) is 13.0 Å². The van der Waals surface area contributed by atoms with Gasteiger partial charge in [-0.15, -0.1) is 0 Å². The first-order chi connectivity index (χ1) is 7.99. The van der Waals surface area contributed by atoms with Crippen LogP contribution in [0.1, 0.15) is 38.7 Å². The third-order valence-electron chi connectivity index (χ3n) is 3.43. The largest absolute Gasteiger partial charge is 0.357 e. The number of nitrogens with one attached hydrogen (secondary N) is 1. The van der Waals surface area contributed by atoms with Gasteiger partial charge < -0.3 is 10.2 Å². The van der Waals surface area contributed by atoms with Crippen molar-refractivity contribution < 1.29 is 4.79 Å². The Bertz CT molecular complexity index is 444. The summed E-state index contributed by atoms with van der Waals surface area (Å²) in [7, 11) is 2.06. The molecule has 17 heavy (non-hydrogen) atoms. The number of rotatable bonds is 1. The second-order valence-electron chi connectivity index (χ2n) is 4.89. The van der Waals surface area contributed by atoms with Gasteiger partial charge in [-0.25, -0.2) is 4.98 Å². The highest BCUT2D eigenvalue weighted by molar-refractivity contribution is 5.87. The number of hydrogen-bond donors (Lipinski definition) is 1. The summed E-state index contributed by atoms with van der Waals surface area (Å²) in [6.45, 7) is 5.92. The summed E-state index contributed by atoms with van der Waals surface area (Å²) in [5, 5.41) is 2.73. The summed E-state index contributed by atoms with van der Waals surface area (Å²) in [6, 6.07) is 4.43. The molecule has 0 fully saturated rings. The predicted molar refractivity (Wildman–Crippen MR) is 69.4 cm³/mol. The van der Waals surface area contributed by atoms with E-state index in [1.54, 1.807) is 0 Å². The highest BCUT2D eigenvalue weighted by Crippen LogP contribution is 2.36. The van der Waals surface area contributed by atoms with E-state index >= 15 is 0 Å². The fourth-order valence-corrected chi connectivity index (χ4v) is 2.38. The predicted octanol–water partition coefficient (Wildman–Crippen LogP) is 2.37. The van der Waals surface area contributed by atoms with E-state index in [-0.39, 0.29) is 5.91 Å². The van der Waals surface area contributed by atoms with Gasteiger partial charge in [0.25, 0.3) is 0 Å². The zero-order valence-corrected chi connectivity index (χ0v) is 10.8. The minimum atomic E-state index is -0.0861. The lowest BCUT2D eigenvalue weighted by atomic mass is 9.90. The number of anilines is 2. The Labute approximate surface area is 102 Å². The molecule has 2 rings (SSSR count). The first-order valence-corrected chi connectivity index (χ1v) is 6.00. The first-order valence-electron chi connectivity index (χ1n) is 6.00. The molecule has 4 heteroatoms. The van der Waals surface area contributed by atoms with Crippen LogP contribution in [0.4, 0.5) is 11.6 Å². The Hall–Kier alpha value is -1.58. The molecule has 2 atom stereocenters. The van der Waals surface area contributed by atoms with E-state index in [0.29, 0.717) is 17.8 Å². The molecule has 0 saturated carbocycles. The zero-order chi connectivity index (χ0) is 12.6. The van der Waals surface area contributed by atoms with Crippen LogP contribution in [0.5, 0.6) is 0 Å². The number of nitrogens with zero attached hydrogens (tertiary/aromatic N) is 2. The number of carbonyl (C=O) groups excluding carboxylic acids is 1. The molecular weight excluding hydrogens is 214 g/mol. The fraction of sp³-hybridized carbons (Fsp3) is 0.538. The van der Waals surface area contributed by atoms with Crippen molar-refractivity contribution in [2.45, 2.75) is 39.2 Å². The van der Waals surface area contributed by atoms with Gasteiger partial charge in [0.2, 0.25) is 5.91 Å². The zero-order valence-electron chi connectivity index (χ0n) is 10.8. The van der Waals surface area contributed by atoms with Gasteiger partial charge in [-0.3, -0.25) is 4.79 Å². The Balaban J connectivity index is 2.39. The topological polar surface area (TPSA) is 45.2 Å². The second-order valence-corrected chi connectivity index (χ2v) is 4.89. The molecule has 1 aliphatic rings. The molecule has 1 N–H and O–H groups in total. The van der Waals surface area contributed by atoms with Crippen molar-refractivity contribution in [3.05, 3.63) is 17.7 Å². The van der Waals surface area contributed by atoms with Crippen LogP contribution in [0.2, 0.25) is 0 Å².